The summed E-state index contributed by atoms with van der Waals surface area (Å²) >= 11 is 2.39. The van der Waals surface area contributed by atoms with Gasteiger partial charge in [0.2, 0.25) is 0 Å². The van der Waals surface area contributed by atoms with Crippen molar-refractivity contribution in [3.8, 4) is 0 Å². The lowest BCUT2D eigenvalue weighted by Gasteiger charge is -2.15. The molecule has 0 radical (unpaired) electrons. The summed E-state index contributed by atoms with van der Waals surface area (Å²) in [5.74, 6) is 0. The first-order chi connectivity index (χ1) is 5.40. The molecule has 0 N–H and O–H groups in total. The van der Waals surface area contributed by atoms with Gasteiger partial charge in [-0.3, -0.25) is 0 Å². The van der Waals surface area contributed by atoms with Crippen molar-refractivity contribution >= 4 is 22.6 Å². The monoisotopic (exact) mass is 268 g/mol. The Morgan fingerprint density at radius 1 is 1.27 bits per heavy atom. The van der Waals surface area contributed by atoms with Gasteiger partial charge < -0.3 is 9.47 Å². The average molecular weight is 268 g/mol. The quantitative estimate of drug-likeness (QED) is 0.410. The smallest absolute Gasteiger partial charge is 0.107 e. The third kappa shape index (κ3) is 2.06. The Morgan fingerprint density at radius 2 is 2.18 bits per heavy atom. The fraction of sp³-hybridized carbons (Fsp3) is 1.00. The van der Waals surface area contributed by atoms with Gasteiger partial charge in [0.1, 0.15) is 6.10 Å². The van der Waals surface area contributed by atoms with E-state index in [4.69, 9.17) is 9.47 Å². The third-order valence-corrected chi connectivity index (χ3v) is 3.35. The minimum absolute atomic E-state index is 0.445. The third-order valence-electron chi connectivity index (χ3n) is 2.37. The number of rotatable bonds is 1. The molecule has 2 nitrogen and oxygen atoms in total. The van der Waals surface area contributed by atoms with Crippen LogP contribution in [-0.2, 0) is 9.47 Å². The fourth-order valence-electron chi connectivity index (χ4n) is 1.56. The van der Waals surface area contributed by atoms with Crippen LogP contribution in [0.1, 0.15) is 19.3 Å². The van der Waals surface area contributed by atoms with Crippen LogP contribution in [0, 0.1) is 0 Å². The summed E-state index contributed by atoms with van der Waals surface area (Å²) in [6.45, 7) is 0.832. The van der Waals surface area contributed by atoms with E-state index < -0.39 is 0 Å². The van der Waals surface area contributed by atoms with Crippen LogP contribution in [-0.4, -0.2) is 29.3 Å². The van der Waals surface area contributed by atoms with Crippen LogP contribution < -0.4 is 0 Å². The Bertz CT molecular complexity index is 140. The van der Waals surface area contributed by atoms with Crippen LogP contribution in [0.3, 0.4) is 0 Å². The Labute approximate surface area is 80.8 Å². The Hall–Kier alpha value is 0.650. The van der Waals surface area contributed by atoms with Gasteiger partial charge in [0.05, 0.1) is 18.8 Å². The van der Waals surface area contributed by atoms with Crippen molar-refractivity contribution in [2.45, 2.75) is 37.6 Å². The molecule has 2 fully saturated rings. The van der Waals surface area contributed by atoms with Gasteiger partial charge >= 0.3 is 0 Å². The molecule has 2 heterocycles. The van der Waals surface area contributed by atoms with E-state index in [-0.39, 0.29) is 0 Å². The normalized spacial score (nSPS) is 43.9. The maximum absolute atomic E-state index is 5.65. The van der Waals surface area contributed by atoms with Gasteiger partial charge in [-0.2, -0.15) is 0 Å². The van der Waals surface area contributed by atoms with E-state index in [1.165, 1.54) is 19.3 Å². The zero-order chi connectivity index (χ0) is 7.68. The van der Waals surface area contributed by atoms with E-state index in [0.29, 0.717) is 18.3 Å². The van der Waals surface area contributed by atoms with Gasteiger partial charge in [0.25, 0.3) is 0 Å². The summed E-state index contributed by atoms with van der Waals surface area (Å²) in [7, 11) is 0. The minimum Gasteiger partial charge on any atom is -0.375 e. The lowest BCUT2D eigenvalue weighted by atomic mass is 10.1. The van der Waals surface area contributed by atoms with E-state index in [1.807, 2.05) is 0 Å². The highest BCUT2D eigenvalue weighted by Gasteiger charge is 2.39. The van der Waals surface area contributed by atoms with Crippen LogP contribution in [0.15, 0.2) is 0 Å². The largest absolute Gasteiger partial charge is 0.375 e. The molecule has 3 atom stereocenters. The van der Waals surface area contributed by atoms with Gasteiger partial charge in [-0.1, -0.05) is 22.6 Å². The predicted molar refractivity (Wildman–Crippen MR) is 51.1 cm³/mol. The highest BCUT2D eigenvalue weighted by Crippen LogP contribution is 2.30. The maximum atomic E-state index is 5.65. The van der Waals surface area contributed by atoms with Crippen molar-refractivity contribution in [1.29, 1.82) is 0 Å². The zero-order valence-corrected chi connectivity index (χ0v) is 8.62. The van der Waals surface area contributed by atoms with E-state index in [2.05, 4.69) is 22.6 Å². The number of fused-ring (bicyclic) bond motifs is 1. The van der Waals surface area contributed by atoms with Crippen LogP contribution in [0.4, 0.5) is 0 Å². The highest BCUT2D eigenvalue weighted by molar-refractivity contribution is 14.1. The first-order valence-corrected chi connectivity index (χ1v) is 5.75. The molecular formula is C8H13IO2. The average Bonchev–Trinajstić information content (AvgIpc) is 2.68. The highest BCUT2D eigenvalue weighted by atomic mass is 127. The summed E-state index contributed by atoms with van der Waals surface area (Å²) in [6, 6.07) is 0. The molecule has 0 bridgehead atoms. The second-order valence-electron chi connectivity index (χ2n) is 3.25. The van der Waals surface area contributed by atoms with Gasteiger partial charge in [-0.05, 0) is 19.3 Å². The Kier molecular flexibility index (Phi) is 2.69. The molecule has 11 heavy (non-hydrogen) atoms. The molecule has 64 valence electrons. The molecule has 2 rings (SSSR count). The van der Waals surface area contributed by atoms with E-state index in [9.17, 15) is 0 Å². The molecular weight excluding hydrogens is 255 g/mol. The van der Waals surface area contributed by atoms with Crippen LogP contribution in [0.25, 0.3) is 0 Å². The standard InChI is InChI=1S/C8H13IO2/c9-4-6-2-1-3-7-8(11-7)5-10-6/h6-8H,1-5H2/t6?,7-,8+/m1/s1. The van der Waals surface area contributed by atoms with Gasteiger partial charge in [0, 0.05) is 4.43 Å². The first kappa shape index (κ1) is 8.26. The molecule has 2 aliphatic heterocycles. The van der Waals surface area contributed by atoms with Gasteiger partial charge in [0.15, 0.2) is 0 Å². The number of alkyl halides is 1. The maximum Gasteiger partial charge on any atom is 0.107 e. The van der Waals surface area contributed by atoms with Crippen LogP contribution in [0.5, 0.6) is 0 Å². The van der Waals surface area contributed by atoms with Crippen LogP contribution in [0.2, 0.25) is 0 Å². The number of ether oxygens (including phenoxy) is 2. The summed E-state index contributed by atoms with van der Waals surface area (Å²) < 4.78 is 12.2. The number of epoxide rings is 1. The lowest BCUT2D eigenvalue weighted by Crippen LogP contribution is -2.20. The Morgan fingerprint density at radius 3 is 3.00 bits per heavy atom. The second-order valence-corrected chi connectivity index (χ2v) is 4.13. The lowest BCUT2D eigenvalue weighted by molar-refractivity contribution is 0.0517. The molecule has 0 amide bonds. The van der Waals surface area contributed by atoms with E-state index in [0.717, 1.165) is 11.0 Å². The van der Waals surface area contributed by atoms with Crippen molar-refractivity contribution in [1.82, 2.24) is 0 Å². The molecule has 2 saturated heterocycles. The summed E-state index contributed by atoms with van der Waals surface area (Å²) in [5.41, 5.74) is 0. The van der Waals surface area contributed by atoms with Crippen molar-refractivity contribution in [2.75, 3.05) is 11.0 Å². The Balaban J connectivity index is 1.80. The molecule has 0 saturated carbocycles. The summed E-state index contributed by atoms with van der Waals surface area (Å²) in [6.07, 6.45) is 5.22. The van der Waals surface area contributed by atoms with Crippen molar-refractivity contribution in [3.63, 3.8) is 0 Å². The first-order valence-electron chi connectivity index (χ1n) is 4.23. The van der Waals surface area contributed by atoms with E-state index >= 15 is 0 Å². The topological polar surface area (TPSA) is 21.8 Å². The van der Waals surface area contributed by atoms with E-state index in [1.54, 1.807) is 0 Å². The van der Waals surface area contributed by atoms with Crippen LogP contribution >= 0.6 is 22.6 Å². The minimum atomic E-state index is 0.445. The molecule has 0 aromatic carbocycles. The summed E-state index contributed by atoms with van der Waals surface area (Å²) in [5, 5.41) is 0. The predicted octanol–water partition coefficient (Wildman–Crippen LogP) is 1.76. The fourth-order valence-corrected chi connectivity index (χ4v) is 2.26. The number of halogens is 1. The molecule has 3 heteroatoms. The van der Waals surface area contributed by atoms with Crippen molar-refractivity contribution < 1.29 is 9.47 Å². The van der Waals surface area contributed by atoms with Crippen molar-refractivity contribution in [2.24, 2.45) is 0 Å². The molecule has 0 aromatic rings. The zero-order valence-electron chi connectivity index (χ0n) is 6.46. The molecule has 0 aromatic heterocycles. The van der Waals surface area contributed by atoms with Crippen molar-refractivity contribution in [3.05, 3.63) is 0 Å². The summed E-state index contributed by atoms with van der Waals surface area (Å²) in [4.78, 5) is 0. The molecule has 0 spiro atoms. The second kappa shape index (κ2) is 3.58. The number of hydrogen-bond acceptors (Lipinski definition) is 2. The number of hydrogen-bond donors (Lipinski definition) is 0. The molecule has 0 aliphatic carbocycles. The molecule has 2 aliphatic rings. The SMILES string of the molecule is ICC1CCC[C@H]2O[C@H]2CO1. The van der Waals surface area contributed by atoms with Gasteiger partial charge in [-0.15, -0.1) is 0 Å². The molecule has 1 unspecified atom stereocenters. The van der Waals surface area contributed by atoms with Gasteiger partial charge in [-0.25, -0.2) is 0 Å².